The first-order chi connectivity index (χ1) is 16.4. The zero-order chi connectivity index (χ0) is 24.0. The van der Waals surface area contributed by atoms with Gasteiger partial charge in [0, 0.05) is 58.2 Å². The van der Waals surface area contributed by atoms with Gasteiger partial charge in [-0.1, -0.05) is 46.3 Å². The molecule has 0 radical (unpaired) electrons. The van der Waals surface area contributed by atoms with Gasteiger partial charge in [-0.05, 0) is 42.5 Å². The van der Waals surface area contributed by atoms with Crippen molar-refractivity contribution >= 4 is 55.7 Å². The predicted octanol–water partition coefficient (Wildman–Crippen LogP) is 5.62. The molecule has 2 heterocycles. The van der Waals surface area contributed by atoms with E-state index in [1.807, 2.05) is 67.5 Å². The van der Waals surface area contributed by atoms with E-state index in [4.69, 9.17) is 0 Å². The van der Waals surface area contributed by atoms with Crippen molar-refractivity contribution in [2.24, 2.45) is 0 Å². The van der Waals surface area contributed by atoms with Crippen molar-refractivity contribution in [2.75, 3.05) is 23.9 Å². The van der Waals surface area contributed by atoms with Crippen molar-refractivity contribution in [3.8, 4) is 0 Å². The largest absolute Gasteiger partial charge is 0.507 e. The molecule has 4 aromatic rings. The van der Waals surface area contributed by atoms with Crippen LogP contribution in [0.25, 0.3) is 16.7 Å². The molecule has 0 aliphatic carbocycles. The number of benzene rings is 3. The van der Waals surface area contributed by atoms with E-state index in [0.717, 1.165) is 26.6 Å². The lowest BCUT2D eigenvalue weighted by Crippen LogP contribution is -2.29. The molecule has 0 spiro atoms. The van der Waals surface area contributed by atoms with Crippen molar-refractivity contribution in [1.29, 1.82) is 0 Å². The SMILES string of the molecule is CN(C)c1ccc(N2C(=O)C(=O)/C(=C(/O)c3ccc(Br)cc3)C2c2c[nH]c3ccccc23)cc1. The number of anilines is 2. The maximum Gasteiger partial charge on any atom is 0.300 e. The fourth-order valence-electron chi connectivity index (χ4n) is 4.39. The molecule has 1 fully saturated rings. The van der Waals surface area contributed by atoms with E-state index < -0.39 is 17.7 Å². The van der Waals surface area contributed by atoms with E-state index in [1.54, 1.807) is 30.5 Å². The van der Waals surface area contributed by atoms with Crippen molar-refractivity contribution in [3.05, 3.63) is 100 Å². The molecule has 3 aromatic carbocycles. The lowest BCUT2D eigenvalue weighted by molar-refractivity contribution is -0.132. The highest BCUT2D eigenvalue weighted by Crippen LogP contribution is 2.44. The number of aliphatic hydroxyl groups excluding tert-OH is 1. The van der Waals surface area contributed by atoms with Crippen LogP contribution in [0.4, 0.5) is 11.4 Å². The van der Waals surface area contributed by atoms with Crippen molar-refractivity contribution in [3.63, 3.8) is 0 Å². The van der Waals surface area contributed by atoms with Gasteiger partial charge < -0.3 is 15.0 Å². The van der Waals surface area contributed by atoms with E-state index in [-0.39, 0.29) is 11.3 Å². The molecule has 34 heavy (non-hydrogen) atoms. The van der Waals surface area contributed by atoms with Crippen molar-refractivity contribution < 1.29 is 14.7 Å². The predicted molar refractivity (Wildman–Crippen MR) is 138 cm³/mol. The van der Waals surface area contributed by atoms with Gasteiger partial charge in [0.2, 0.25) is 0 Å². The molecule has 5 rings (SSSR count). The molecule has 0 saturated carbocycles. The molecule has 6 nitrogen and oxygen atoms in total. The average molecular weight is 516 g/mol. The van der Waals surface area contributed by atoms with Crippen LogP contribution in [0.2, 0.25) is 0 Å². The molecule has 1 aromatic heterocycles. The van der Waals surface area contributed by atoms with Crippen LogP contribution < -0.4 is 9.80 Å². The van der Waals surface area contributed by atoms with Crippen LogP contribution in [0.3, 0.4) is 0 Å². The number of fused-ring (bicyclic) bond motifs is 1. The highest BCUT2D eigenvalue weighted by molar-refractivity contribution is 9.10. The van der Waals surface area contributed by atoms with Crippen molar-refractivity contribution in [1.82, 2.24) is 4.98 Å². The second kappa shape index (κ2) is 8.50. The van der Waals surface area contributed by atoms with E-state index in [2.05, 4.69) is 20.9 Å². The number of ketones is 1. The minimum atomic E-state index is -0.787. The number of aromatic nitrogens is 1. The highest BCUT2D eigenvalue weighted by Gasteiger charge is 2.47. The zero-order valence-electron chi connectivity index (χ0n) is 18.6. The minimum Gasteiger partial charge on any atom is -0.507 e. The number of rotatable bonds is 4. The molecular weight excluding hydrogens is 494 g/mol. The maximum atomic E-state index is 13.4. The fourth-order valence-corrected chi connectivity index (χ4v) is 4.65. The molecule has 1 saturated heterocycles. The third-order valence-electron chi connectivity index (χ3n) is 6.12. The van der Waals surface area contributed by atoms with Gasteiger partial charge in [0.1, 0.15) is 5.76 Å². The summed E-state index contributed by atoms with van der Waals surface area (Å²) < 4.78 is 0.846. The number of hydrogen-bond donors (Lipinski definition) is 2. The van der Waals surface area contributed by atoms with Gasteiger partial charge in [-0.15, -0.1) is 0 Å². The number of H-pyrrole nitrogens is 1. The lowest BCUT2D eigenvalue weighted by Gasteiger charge is -2.25. The summed E-state index contributed by atoms with van der Waals surface area (Å²) in [5.41, 5.74) is 3.71. The zero-order valence-corrected chi connectivity index (χ0v) is 20.2. The average Bonchev–Trinajstić information content (AvgIpc) is 3.38. The van der Waals surface area contributed by atoms with Crippen molar-refractivity contribution in [2.45, 2.75) is 6.04 Å². The second-order valence-electron chi connectivity index (χ2n) is 8.38. The molecule has 7 heteroatoms. The van der Waals surface area contributed by atoms with Gasteiger partial charge in [-0.3, -0.25) is 14.5 Å². The third-order valence-corrected chi connectivity index (χ3v) is 6.65. The highest BCUT2D eigenvalue weighted by atomic mass is 79.9. The summed E-state index contributed by atoms with van der Waals surface area (Å²) in [6, 6.07) is 21.4. The fraction of sp³-hybridized carbons (Fsp3) is 0.111. The first-order valence-corrected chi connectivity index (χ1v) is 11.6. The normalized spacial score (nSPS) is 17.5. The molecule has 1 amide bonds. The molecule has 1 unspecified atom stereocenters. The van der Waals surface area contributed by atoms with Crippen LogP contribution in [-0.2, 0) is 9.59 Å². The van der Waals surface area contributed by atoms with Crippen LogP contribution >= 0.6 is 15.9 Å². The number of carbonyl (C=O) groups is 2. The third kappa shape index (κ3) is 3.58. The van der Waals surface area contributed by atoms with Crippen LogP contribution in [0, 0.1) is 0 Å². The Labute approximate surface area is 205 Å². The Morgan fingerprint density at radius 3 is 2.32 bits per heavy atom. The smallest absolute Gasteiger partial charge is 0.300 e. The number of aliphatic hydroxyl groups is 1. The number of nitrogens with zero attached hydrogens (tertiary/aromatic N) is 2. The molecule has 1 atom stereocenters. The lowest BCUT2D eigenvalue weighted by atomic mass is 9.94. The summed E-state index contributed by atoms with van der Waals surface area (Å²) in [6.07, 6.45) is 1.80. The Hall–Kier alpha value is -3.84. The minimum absolute atomic E-state index is 0.0637. The molecular formula is C27H22BrN3O3. The van der Waals surface area contributed by atoms with Crippen LogP contribution in [0.5, 0.6) is 0 Å². The molecule has 170 valence electrons. The Bertz CT molecular complexity index is 1440. The van der Waals surface area contributed by atoms with Crippen LogP contribution in [0.15, 0.2) is 89.0 Å². The Morgan fingerprint density at radius 1 is 0.971 bits per heavy atom. The summed E-state index contributed by atoms with van der Waals surface area (Å²) in [6.45, 7) is 0. The first kappa shape index (κ1) is 22.0. The summed E-state index contributed by atoms with van der Waals surface area (Å²) >= 11 is 3.39. The first-order valence-electron chi connectivity index (χ1n) is 10.8. The standard InChI is InChI=1S/C27H22BrN3O3/c1-30(2)18-11-13-19(14-12-18)31-24(21-15-29-22-6-4-3-5-20(21)22)23(26(33)27(31)34)25(32)16-7-9-17(28)10-8-16/h3-15,24,29,32H,1-2H3/b25-23+. The number of carbonyl (C=O) groups excluding carboxylic acids is 2. The maximum absolute atomic E-state index is 13.4. The topological polar surface area (TPSA) is 76.6 Å². The monoisotopic (exact) mass is 515 g/mol. The number of aromatic amines is 1. The molecule has 1 aliphatic heterocycles. The van der Waals surface area contributed by atoms with E-state index in [9.17, 15) is 14.7 Å². The number of Topliss-reactive ketones (excluding diaryl/α,β-unsaturated/α-hetero) is 1. The molecule has 2 N–H and O–H groups in total. The van der Waals surface area contributed by atoms with E-state index in [1.165, 1.54) is 4.90 Å². The number of amides is 1. The van der Waals surface area contributed by atoms with Gasteiger partial charge in [0.15, 0.2) is 0 Å². The van der Waals surface area contributed by atoms with Gasteiger partial charge in [0.25, 0.3) is 11.7 Å². The number of halogens is 1. The summed E-state index contributed by atoms with van der Waals surface area (Å²) in [5, 5.41) is 12.2. The van der Waals surface area contributed by atoms with Gasteiger partial charge >= 0.3 is 0 Å². The van der Waals surface area contributed by atoms with Crippen LogP contribution in [0.1, 0.15) is 17.2 Å². The van der Waals surface area contributed by atoms with E-state index in [0.29, 0.717) is 11.3 Å². The van der Waals surface area contributed by atoms with E-state index >= 15 is 0 Å². The molecule has 1 aliphatic rings. The van der Waals surface area contributed by atoms with Gasteiger partial charge in [0.05, 0.1) is 11.6 Å². The summed E-state index contributed by atoms with van der Waals surface area (Å²) in [5.74, 6) is -1.59. The number of hydrogen-bond acceptors (Lipinski definition) is 4. The van der Waals surface area contributed by atoms with Crippen LogP contribution in [-0.4, -0.2) is 35.9 Å². The van der Waals surface area contributed by atoms with Gasteiger partial charge in [-0.2, -0.15) is 0 Å². The van der Waals surface area contributed by atoms with Gasteiger partial charge in [-0.25, -0.2) is 0 Å². The summed E-state index contributed by atoms with van der Waals surface area (Å²) in [7, 11) is 3.87. The Balaban J connectivity index is 1.74. The Morgan fingerprint density at radius 2 is 1.65 bits per heavy atom. The summed E-state index contributed by atoms with van der Waals surface area (Å²) in [4.78, 5) is 33.4. The molecule has 0 bridgehead atoms. The Kier molecular flexibility index (Phi) is 5.49. The number of para-hydroxylation sites is 1. The second-order valence-corrected chi connectivity index (χ2v) is 9.29. The number of nitrogens with one attached hydrogen (secondary N) is 1. The quantitative estimate of drug-likeness (QED) is 0.210.